The number of hydrogen-bond donors (Lipinski definition) is 0. The molecule has 0 aromatic carbocycles. The van der Waals surface area contributed by atoms with E-state index in [0.29, 0.717) is 0 Å². The number of carbonyl (C=O) groups excluding carboxylic acids is 2. The lowest BCUT2D eigenvalue weighted by Gasteiger charge is -2.23. The van der Waals surface area contributed by atoms with Crippen molar-refractivity contribution in [1.29, 1.82) is 0 Å². The van der Waals surface area contributed by atoms with Crippen LogP contribution < -0.4 is 0 Å². The lowest BCUT2D eigenvalue weighted by Crippen LogP contribution is -2.48. The molecular weight excluding hydrogens is 248 g/mol. The van der Waals surface area contributed by atoms with Crippen molar-refractivity contribution in [2.75, 3.05) is 34.7 Å². The summed E-state index contributed by atoms with van der Waals surface area (Å²) in [7, 11) is 2.47. The average molecular weight is 264 g/mol. The topological polar surface area (TPSA) is 80.3 Å². The highest BCUT2D eigenvalue weighted by Crippen LogP contribution is 2.06. The van der Waals surface area contributed by atoms with Gasteiger partial charge >= 0.3 is 20.7 Å². The highest BCUT2D eigenvalue weighted by atomic mass is 28.4. The van der Waals surface area contributed by atoms with Crippen LogP contribution in [0.1, 0.15) is 0 Å². The maximum Gasteiger partial charge on any atom is 0.539 e. The number of rotatable bonds is 7. The third-order valence-electron chi connectivity index (χ3n) is 1.88. The molecule has 0 saturated heterocycles. The van der Waals surface area contributed by atoms with Crippen molar-refractivity contribution in [3.63, 3.8) is 0 Å². The third kappa shape index (κ3) is 5.59. The van der Waals surface area contributed by atoms with Gasteiger partial charge in [0.2, 0.25) is 0 Å². The Balaban J connectivity index is 4.23. The lowest BCUT2D eigenvalue weighted by molar-refractivity contribution is -0.139. The molecule has 0 unspecified atom stereocenters. The molecular formula is C9H16O7Si. The highest BCUT2D eigenvalue weighted by molar-refractivity contribution is 6.60. The molecule has 0 aromatic rings. The molecule has 0 aliphatic carbocycles. The summed E-state index contributed by atoms with van der Waals surface area (Å²) in [5.74, 6) is -1.35. The van der Waals surface area contributed by atoms with Crippen LogP contribution in [0.25, 0.3) is 0 Å². The molecule has 0 aliphatic heterocycles. The monoisotopic (exact) mass is 264 g/mol. The van der Waals surface area contributed by atoms with Crippen LogP contribution in [0.5, 0.6) is 0 Å². The van der Waals surface area contributed by atoms with E-state index in [2.05, 4.69) is 4.74 Å². The van der Waals surface area contributed by atoms with Gasteiger partial charge in [0.15, 0.2) is 6.23 Å². The fraction of sp³-hybridized carbons (Fsp3) is 0.556. The Morgan fingerprint density at radius 2 is 1.41 bits per heavy atom. The van der Waals surface area contributed by atoms with Crippen LogP contribution in [0.15, 0.2) is 12.2 Å². The van der Waals surface area contributed by atoms with Crippen LogP contribution in [0, 0.1) is 0 Å². The Kier molecular flexibility index (Phi) is 7.38. The first kappa shape index (κ1) is 15.8. The first-order chi connectivity index (χ1) is 8.03. The molecule has 8 heteroatoms. The number of carbonyl (C=O) groups is 2. The van der Waals surface area contributed by atoms with Gasteiger partial charge in [0, 0.05) is 33.5 Å². The van der Waals surface area contributed by atoms with Crippen molar-refractivity contribution in [2.45, 2.75) is 0 Å². The van der Waals surface area contributed by atoms with Gasteiger partial charge in [-0.25, -0.2) is 9.59 Å². The minimum absolute atomic E-state index is 0.138. The van der Waals surface area contributed by atoms with E-state index in [4.69, 9.17) is 18.0 Å². The Morgan fingerprint density at radius 1 is 0.941 bits per heavy atom. The van der Waals surface area contributed by atoms with Gasteiger partial charge < -0.3 is 22.8 Å². The Morgan fingerprint density at radius 3 is 1.82 bits per heavy atom. The van der Waals surface area contributed by atoms with Gasteiger partial charge in [0.25, 0.3) is 0 Å². The quantitative estimate of drug-likeness (QED) is 0.354. The molecule has 0 heterocycles. The van der Waals surface area contributed by atoms with E-state index >= 15 is 0 Å². The molecule has 17 heavy (non-hydrogen) atoms. The van der Waals surface area contributed by atoms with Gasteiger partial charge in [-0.05, 0) is 0 Å². The van der Waals surface area contributed by atoms with Crippen LogP contribution in [0.4, 0.5) is 0 Å². The lowest BCUT2D eigenvalue weighted by atomic mass is 10.5. The van der Waals surface area contributed by atoms with E-state index in [9.17, 15) is 9.59 Å². The Labute approximate surface area is 101 Å². The van der Waals surface area contributed by atoms with Crippen LogP contribution >= 0.6 is 0 Å². The highest BCUT2D eigenvalue weighted by Gasteiger charge is 2.39. The van der Waals surface area contributed by atoms with Crippen LogP contribution in [-0.4, -0.2) is 55.4 Å². The van der Waals surface area contributed by atoms with Gasteiger partial charge in [0.05, 0.1) is 7.11 Å². The van der Waals surface area contributed by atoms with E-state index in [1.165, 1.54) is 28.4 Å². The summed E-state index contributed by atoms with van der Waals surface area (Å²) in [4.78, 5) is 21.9. The summed E-state index contributed by atoms with van der Waals surface area (Å²) in [6.07, 6.45) is 1.77. The van der Waals surface area contributed by atoms with E-state index < -0.39 is 20.7 Å². The zero-order chi connectivity index (χ0) is 13.3. The summed E-state index contributed by atoms with van der Waals surface area (Å²) in [5.41, 5.74) is 0. The Bertz CT molecular complexity index is 277. The minimum atomic E-state index is -2.94. The molecule has 0 aliphatic rings. The molecule has 0 bridgehead atoms. The predicted molar refractivity (Wildman–Crippen MR) is 58.9 cm³/mol. The summed E-state index contributed by atoms with van der Waals surface area (Å²) in [5, 5.41) is 0. The molecule has 0 atom stereocenters. The SMILES string of the molecule is COC(=O)/C=C\C(=O)OC[Si](OC)(OC)OC. The summed E-state index contributed by atoms with van der Waals surface area (Å²) in [6, 6.07) is 0. The minimum Gasteiger partial charge on any atom is -0.466 e. The molecule has 7 nitrogen and oxygen atoms in total. The largest absolute Gasteiger partial charge is 0.539 e. The number of hydrogen-bond acceptors (Lipinski definition) is 7. The van der Waals surface area contributed by atoms with Crippen molar-refractivity contribution in [1.82, 2.24) is 0 Å². The van der Waals surface area contributed by atoms with Crippen LogP contribution in [0.2, 0.25) is 0 Å². The van der Waals surface area contributed by atoms with E-state index in [1.54, 1.807) is 0 Å². The van der Waals surface area contributed by atoms with E-state index in [-0.39, 0.29) is 6.23 Å². The third-order valence-corrected chi connectivity index (χ3v) is 4.24. The fourth-order valence-corrected chi connectivity index (χ4v) is 2.01. The number of esters is 2. The van der Waals surface area contributed by atoms with Crippen molar-refractivity contribution in [3.8, 4) is 0 Å². The first-order valence-electron chi connectivity index (χ1n) is 4.61. The van der Waals surface area contributed by atoms with E-state index in [0.717, 1.165) is 12.2 Å². The second kappa shape index (κ2) is 7.95. The maximum absolute atomic E-state index is 11.2. The van der Waals surface area contributed by atoms with Gasteiger partial charge in [-0.15, -0.1) is 0 Å². The van der Waals surface area contributed by atoms with Crippen LogP contribution in [-0.2, 0) is 32.3 Å². The smallest absolute Gasteiger partial charge is 0.466 e. The summed E-state index contributed by atoms with van der Waals surface area (Å²) < 4.78 is 24.2. The standard InChI is InChI=1S/C9H16O7Si/c1-12-8(10)5-6-9(11)16-7-17(13-2,14-3)15-4/h5-6H,7H2,1-4H3/b6-5-. The molecule has 98 valence electrons. The second-order valence-electron chi connectivity index (χ2n) is 2.76. The molecule has 0 saturated carbocycles. The zero-order valence-electron chi connectivity index (χ0n) is 10.2. The molecule has 0 rings (SSSR count). The number of methoxy groups -OCH3 is 1. The molecule has 0 radical (unpaired) electrons. The Hall–Kier alpha value is -1.22. The molecule has 0 fully saturated rings. The predicted octanol–water partition coefficient (Wildman–Crippen LogP) is -0.324. The van der Waals surface area contributed by atoms with Gasteiger partial charge in [-0.2, -0.15) is 0 Å². The van der Waals surface area contributed by atoms with Crippen LogP contribution in [0.3, 0.4) is 0 Å². The van der Waals surface area contributed by atoms with Gasteiger partial charge in [0.1, 0.15) is 0 Å². The first-order valence-corrected chi connectivity index (χ1v) is 6.55. The average Bonchev–Trinajstić information content (AvgIpc) is 2.38. The van der Waals surface area contributed by atoms with E-state index in [1.807, 2.05) is 0 Å². The van der Waals surface area contributed by atoms with Crippen molar-refractivity contribution in [3.05, 3.63) is 12.2 Å². The van der Waals surface area contributed by atoms with Crippen molar-refractivity contribution in [2.24, 2.45) is 0 Å². The summed E-state index contributed by atoms with van der Waals surface area (Å²) in [6.45, 7) is 0. The summed E-state index contributed by atoms with van der Waals surface area (Å²) >= 11 is 0. The fourth-order valence-electron chi connectivity index (χ4n) is 0.839. The number of ether oxygens (including phenoxy) is 2. The van der Waals surface area contributed by atoms with Crippen molar-refractivity contribution >= 4 is 20.7 Å². The molecule has 0 amide bonds. The second-order valence-corrected chi connectivity index (χ2v) is 5.64. The molecule has 0 N–H and O–H groups in total. The zero-order valence-corrected chi connectivity index (χ0v) is 11.2. The molecule has 0 aromatic heterocycles. The van der Waals surface area contributed by atoms with Gasteiger partial charge in [-0.3, -0.25) is 0 Å². The normalized spacial score (nSPS) is 11.5. The van der Waals surface area contributed by atoms with Crippen molar-refractivity contribution < 1.29 is 32.3 Å². The molecule has 0 spiro atoms. The van der Waals surface area contributed by atoms with Gasteiger partial charge in [-0.1, -0.05) is 0 Å². The maximum atomic E-state index is 11.2.